The van der Waals surface area contributed by atoms with Crippen molar-refractivity contribution >= 4 is 10.0 Å². The third-order valence-corrected chi connectivity index (χ3v) is 4.77. The molecule has 0 aromatic heterocycles. The highest BCUT2D eigenvalue weighted by Gasteiger charge is 2.38. The Morgan fingerprint density at radius 3 is 2.50 bits per heavy atom. The summed E-state index contributed by atoms with van der Waals surface area (Å²) in [4.78, 5) is 0. The van der Waals surface area contributed by atoms with E-state index in [1.807, 2.05) is 18.2 Å². The van der Waals surface area contributed by atoms with E-state index in [4.69, 9.17) is 14.6 Å². The van der Waals surface area contributed by atoms with E-state index in [2.05, 4.69) is 0 Å². The summed E-state index contributed by atoms with van der Waals surface area (Å²) in [6, 6.07) is 7.30. The van der Waals surface area contributed by atoms with Crippen molar-refractivity contribution in [3.8, 4) is 11.5 Å². The molecule has 1 saturated carbocycles. The third kappa shape index (κ3) is 4.11. The zero-order valence-electron chi connectivity index (χ0n) is 11.7. The van der Waals surface area contributed by atoms with E-state index in [0.717, 1.165) is 31.4 Å². The Kier molecular flexibility index (Phi) is 4.55. The molecular formula is C14H21NO4S. The van der Waals surface area contributed by atoms with Crippen LogP contribution in [0.2, 0.25) is 0 Å². The van der Waals surface area contributed by atoms with Crippen LogP contribution in [-0.2, 0) is 10.0 Å². The number of hydrogen-bond donors (Lipinski definition) is 1. The summed E-state index contributed by atoms with van der Waals surface area (Å²) in [5, 5.41) is 5.21. The Morgan fingerprint density at radius 2 is 1.90 bits per heavy atom. The average Bonchev–Trinajstić information content (AvgIpc) is 2.83. The second kappa shape index (κ2) is 6.01. The molecule has 2 N–H and O–H groups in total. The highest BCUT2D eigenvalue weighted by Crippen LogP contribution is 2.39. The molecular weight excluding hydrogens is 278 g/mol. The number of benzene rings is 1. The van der Waals surface area contributed by atoms with Gasteiger partial charge in [-0.05, 0) is 25.0 Å². The lowest BCUT2D eigenvalue weighted by atomic mass is 9.90. The van der Waals surface area contributed by atoms with Crippen molar-refractivity contribution in [2.45, 2.75) is 25.7 Å². The maximum Gasteiger partial charge on any atom is 0.209 e. The number of nitrogens with two attached hydrogens (primary N) is 1. The van der Waals surface area contributed by atoms with Crippen LogP contribution >= 0.6 is 0 Å². The second-order valence-electron chi connectivity index (χ2n) is 5.48. The van der Waals surface area contributed by atoms with Crippen molar-refractivity contribution in [1.29, 1.82) is 0 Å². The Labute approximate surface area is 120 Å². The van der Waals surface area contributed by atoms with Gasteiger partial charge in [0.2, 0.25) is 10.0 Å². The van der Waals surface area contributed by atoms with Crippen molar-refractivity contribution in [3.63, 3.8) is 0 Å². The maximum absolute atomic E-state index is 11.4. The summed E-state index contributed by atoms with van der Waals surface area (Å²) in [6.45, 7) is 0.372. The van der Waals surface area contributed by atoms with Gasteiger partial charge in [0, 0.05) is 11.5 Å². The molecule has 1 aromatic rings. The van der Waals surface area contributed by atoms with E-state index in [9.17, 15) is 8.42 Å². The summed E-state index contributed by atoms with van der Waals surface area (Å²) >= 11 is 0. The Morgan fingerprint density at radius 1 is 1.25 bits per heavy atom. The monoisotopic (exact) mass is 299 g/mol. The Hall–Kier alpha value is -1.27. The van der Waals surface area contributed by atoms with Gasteiger partial charge in [0.15, 0.2) is 0 Å². The molecule has 5 nitrogen and oxygen atoms in total. The number of hydrogen-bond acceptors (Lipinski definition) is 4. The molecule has 1 aliphatic carbocycles. The molecule has 112 valence electrons. The van der Waals surface area contributed by atoms with Crippen LogP contribution in [-0.4, -0.2) is 27.9 Å². The molecule has 20 heavy (non-hydrogen) atoms. The van der Waals surface area contributed by atoms with E-state index in [1.54, 1.807) is 13.2 Å². The Bertz CT molecular complexity index is 550. The molecule has 0 amide bonds. The fourth-order valence-corrected chi connectivity index (χ4v) is 4.04. The van der Waals surface area contributed by atoms with Crippen molar-refractivity contribution < 1.29 is 17.9 Å². The zero-order valence-corrected chi connectivity index (χ0v) is 12.5. The normalized spacial score (nSPS) is 17.9. The molecule has 0 saturated heterocycles. The average molecular weight is 299 g/mol. The number of ether oxygens (including phenoxy) is 2. The second-order valence-corrected chi connectivity index (χ2v) is 7.10. The van der Waals surface area contributed by atoms with Crippen molar-refractivity contribution in [1.82, 2.24) is 0 Å². The molecule has 0 radical (unpaired) electrons. The fourth-order valence-electron chi connectivity index (χ4n) is 2.81. The number of methoxy groups -OCH3 is 1. The lowest BCUT2D eigenvalue weighted by Crippen LogP contribution is -2.36. The van der Waals surface area contributed by atoms with Gasteiger partial charge >= 0.3 is 0 Å². The van der Waals surface area contributed by atoms with Gasteiger partial charge in [0.05, 0.1) is 19.5 Å². The predicted molar refractivity (Wildman–Crippen MR) is 77.4 cm³/mol. The predicted octanol–water partition coefficient (Wildman–Crippen LogP) is 1.92. The minimum atomic E-state index is -3.49. The lowest BCUT2D eigenvalue weighted by molar-refractivity contribution is 0.170. The van der Waals surface area contributed by atoms with Crippen LogP contribution in [0, 0.1) is 5.41 Å². The smallest absolute Gasteiger partial charge is 0.209 e. The quantitative estimate of drug-likeness (QED) is 0.870. The molecule has 1 aromatic carbocycles. The topological polar surface area (TPSA) is 78.6 Å². The zero-order chi connectivity index (χ0) is 14.6. The van der Waals surface area contributed by atoms with Gasteiger partial charge < -0.3 is 9.47 Å². The summed E-state index contributed by atoms with van der Waals surface area (Å²) < 4.78 is 33.7. The molecule has 0 unspecified atom stereocenters. The van der Waals surface area contributed by atoms with Gasteiger partial charge in [-0.1, -0.05) is 18.9 Å². The van der Waals surface area contributed by atoms with E-state index in [1.165, 1.54) is 0 Å². The van der Waals surface area contributed by atoms with Crippen LogP contribution in [0.1, 0.15) is 25.7 Å². The van der Waals surface area contributed by atoms with Crippen molar-refractivity contribution in [3.05, 3.63) is 24.3 Å². The van der Waals surface area contributed by atoms with Crippen LogP contribution in [0.4, 0.5) is 0 Å². The Balaban J connectivity index is 2.05. The van der Waals surface area contributed by atoms with Crippen LogP contribution < -0.4 is 14.6 Å². The third-order valence-electron chi connectivity index (χ3n) is 3.76. The molecule has 1 aliphatic rings. The molecule has 0 atom stereocenters. The molecule has 0 heterocycles. The van der Waals surface area contributed by atoms with Crippen LogP contribution in [0.5, 0.6) is 11.5 Å². The summed E-state index contributed by atoms with van der Waals surface area (Å²) in [5.74, 6) is 1.39. The number of rotatable bonds is 6. The van der Waals surface area contributed by atoms with Crippen LogP contribution in [0.15, 0.2) is 24.3 Å². The molecule has 0 bridgehead atoms. The first kappa shape index (κ1) is 15.1. The molecule has 2 rings (SSSR count). The number of sulfonamides is 1. The minimum Gasteiger partial charge on any atom is -0.497 e. The van der Waals surface area contributed by atoms with Crippen LogP contribution in [0.3, 0.4) is 0 Å². The molecule has 0 aliphatic heterocycles. The van der Waals surface area contributed by atoms with Crippen molar-refractivity contribution in [2.75, 3.05) is 19.5 Å². The van der Waals surface area contributed by atoms with E-state index in [0.29, 0.717) is 12.4 Å². The molecule has 0 spiro atoms. The molecule has 1 fully saturated rings. The SMILES string of the molecule is COc1cccc(OCC2(CS(N)(=O)=O)CCCC2)c1. The first-order valence-corrected chi connectivity index (χ1v) is 8.41. The lowest BCUT2D eigenvalue weighted by Gasteiger charge is -2.27. The largest absolute Gasteiger partial charge is 0.497 e. The first-order chi connectivity index (χ1) is 9.42. The summed E-state index contributed by atoms with van der Waals surface area (Å²) in [7, 11) is -1.89. The fraction of sp³-hybridized carbons (Fsp3) is 0.571. The van der Waals surface area contributed by atoms with E-state index in [-0.39, 0.29) is 11.2 Å². The highest BCUT2D eigenvalue weighted by molar-refractivity contribution is 7.89. The van der Waals surface area contributed by atoms with Gasteiger partial charge in [-0.25, -0.2) is 13.6 Å². The number of primary sulfonamides is 1. The van der Waals surface area contributed by atoms with Gasteiger partial charge in [0.25, 0.3) is 0 Å². The summed E-state index contributed by atoms with van der Waals surface area (Å²) in [5.41, 5.74) is -0.351. The summed E-state index contributed by atoms with van der Waals surface area (Å²) in [6.07, 6.45) is 3.73. The van der Waals surface area contributed by atoms with Crippen molar-refractivity contribution in [2.24, 2.45) is 10.6 Å². The highest BCUT2D eigenvalue weighted by atomic mass is 32.2. The van der Waals surface area contributed by atoms with Gasteiger partial charge in [0.1, 0.15) is 11.5 Å². The standard InChI is InChI=1S/C14H21NO4S/c1-18-12-5-4-6-13(9-12)19-10-14(7-2-3-8-14)11-20(15,16)17/h4-6,9H,2-3,7-8,10-11H2,1H3,(H2,15,16,17). The molecule has 6 heteroatoms. The van der Waals surface area contributed by atoms with E-state index < -0.39 is 10.0 Å². The van der Waals surface area contributed by atoms with Crippen LogP contribution in [0.25, 0.3) is 0 Å². The van der Waals surface area contributed by atoms with Gasteiger partial charge in [-0.2, -0.15) is 0 Å². The van der Waals surface area contributed by atoms with Gasteiger partial charge in [-0.15, -0.1) is 0 Å². The first-order valence-electron chi connectivity index (χ1n) is 6.70. The van der Waals surface area contributed by atoms with Gasteiger partial charge in [-0.3, -0.25) is 0 Å². The maximum atomic E-state index is 11.4. The van der Waals surface area contributed by atoms with E-state index >= 15 is 0 Å². The minimum absolute atomic E-state index is 0.00995.